The zero-order valence-electron chi connectivity index (χ0n) is 21.0. The Morgan fingerprint density at radius 1 is 1.08 bits per heavy atom. The molecule has 38 heavy (non-hydrogen) atoms. The molecule has 2 aromatic carbocycles. The SMILES string of the molecule is O=C(O)C1(Nc2cccc(Br)c2)CCC2(CC1)C(CCCOc1ccnc3ccsc13)=Cc1ccccc12. The standard InChI is InChI=1S/C31H29BrN2O3S/c32-23-7-3-8-24(20-23)34-31(29(35)36)14-12-30(13-15-31)22(19-21-5-1-2-9-25(21)30)6-4-17-37-27-10-16-33-26-11-18-38-28(26)27/h1-3,5,7-11,16,18-20,34H,4,6,12-15,17H2,(H,35,36). The van der Waals surface area contributed by atoms with Gasteiger partial charge in [-0.15, -0.1) is 11.3 Å². The largest absolute Gasteiger partial charge is 0.492 e. The van der Waals surface area contributed by atoms with E-state index in [1.807, 2.05) is 41.8 Å². The summed E-state index contributed by atoms with van der Waals surface area (Å²) in [6.07, 6.45) is 8.68. The Morgan fingerprint density at radius 3 is 2.74 bits per heavy atom. The molecule has 0 radical (unpaired) electrons. The number of hydrogen-bond donors (Lipinski definition) is 2. The van der Waals surface area contributed by atoms with Gasteiger partial charge in [0.15, 0.2) is 0 Å². The highest BCUT2D eigenvalue weighted by molar-refractivity contribution is 9.10. The Labute approximate surface area is 234 Å². The first kappa shape index (κ1) is 25.1. The number of hydrogen-bond acceptors (Lipinski definition) is 5. The summed E-state index contributed by atoms with van der Waals surface area (Å²) in [4.78, 5) is 17.0. The smallest absolute Gasteiger partial charge is 0.329 e. The monoisotopic (exact) mass is 588 g/mol. The van der Waals surface area contributed by atoms with E-state index in [2.05, 4.69) is 56.6 Å². The molecule has 0 atom stereocenters. The van der Waals surface area contributed by atoms with Crippen LogP contribution in [0.15, 0.2) is 82.3 Å². The van der Waals surface area contributed by atoms with Crippen LogP contribution in [0.1, 0.15) is 49.7 Å². The molecule has 194 valence electrons. The summed E-state index contributed by atoms with van der Waals surface area (Å²) in [7, 11) is 0. The molecule has 2 N–H and O–H groups in total. The minimum absolute atomic E-state index is 0.119. The number of nitrogens with zero attached hydrogens (tertiary/aromatic N) is 1. The second-order valence-electron chi connectivity index (χ2n) is 10.3. The minimum atomic E-state index is -0.981. The lowest BCUT2D eigenvalue weighted by Crippen LogP contribution is -2.52. The summed E-state index contributed by atoms with van der Waals surface area (Å²) in [5.74, 6) is 0.112. The Hall–Kier alpha value is -3.16. The quantitative estimate of drug-likeness (QED) is 0.204. The van der Waals surface area contributed by atoms with Crippen LogP contribution in [-0.4, -0.2) is 28.2 Å². The van der Waals surface area contributed by atoms with Gasteiger partial charge >= 0.3 is 5.97 Å². The summed E-state index contributed by atoms with van der Waals surface area (Å²) in [5.41, 5.74) is 4.71. The van der Waals surface area contributed by atoms with Crippen LogP contribution in [0, 0.1) is 0 Å². The fourth-order valence-corrected chi connectivity index (χ4v) is 7.42. The maximum Gasteiger partial charge on any atom is 0.329 e. The van der Waals surface area contributed by atoms with Crippen LogP contribution in [0.5, 0.6) is 5.75 Å². The van der Waals surface area contributed by atoms with Crippen molar-refractivity contribution in [1.82, 2.24) is 4.98 Å². The second-order valence-corrected chi connectivity index (χ2v) is 12.1. The molecule has 2 heterocycles. The van der Waals surface area contributed by atoms with Crippen molar-refractivity contribution in [3.63, 3.8) is 0 Å². The predicted octanol–water partition coefficient (Wildman–Crippen LogP) is 8.06. The van der Waals surface area contributed by atoms with Gasteiger partial charge in [0.25, 0.3) is 0 Å². The van der Waals surface area contributed by atoms with Crippen LogP contribution in [0.4, 0.5) is 5.69 Å². The molecule has 1 spiro atoms. The molecule has 2 aliphatic carbocycles. The number of aliphatic carboxylic acids is 1. The van der Waals surface area contributed by atoms with E-state index in [0.717, 1.165) is 51.8 Å². The molecule has 1 fully saturated rings. The Morgan fingerprint density at radius 2 is 1.92 bits per heavy atom. The van der Waals surface area contributed by atoms with Crippen molar-refractivity contribution in [2.75, 3.05) is 11.9 Å². The van der Waals surface area contributed by atoms with Crippen LogP contribution in [-0.2, 0) is 10.2 Å². The molecule has 0 amide bonds. The van der Waals surface area contributed by atoms with Crippen LogP contribution in [0.2, 0.25) is 0 Å². The van der Waals surface area contributed by atoms with Crippen molar-refractivity contribution in [2.24, 2.45) is 0 Å². The molecule has 2 aliphatic rings. The molecular weight excluding hydrogens is 560 g/mol. The fraction of sp³-hybridized carbons (Fsp3) is 0.290. The van der Waals surface area contributed by atoms with Gasteiger partial charge in [-0.2, -0.15) is 0 Å². The summed E-state index contributed by atoms with van der Waals surface area (Å²) >= 11 is 5.16. The van der Waals surface area contributed by atoms with E-state index in [0.29, 0.717) is 19.4 Å². The molecule has 7 heteroatoms. The van der Waals surface area contributed by atoms with Crippen molar-refractivity contribution < 1.29 is 14.6 Å². The third-order valence-electron chi connectivity index (χ3n) is 8.15. The predicted molar refractivity (Wildman–Crippen MR) is 157 cm³/mol. The number of aromatic nitrogens is 1. The van der Waals surface area contributed by atoms with Gasteiger partial charge in [0.1, 0.15) is 11.3 Å². The second kappa shape index (κ2) is 10.2. The summed E-state index contributed by atoms with van der Waals surface area (Å²) < 4.78 is 8.20. The topological polar surface area (TPSA) is 71.5 Å². The highest BCUT2D eigenvalue weighted by atomic mass is 79.9. The third-order valence-corrected chi connectivity index (χ3v) is 9.56. The van der Waals surface area contributed by atoms with Gasteiger partial charge in [-0.3, -0.25) is 4.98 Å². The van der Waals surface area contributed by atoms with Gasteiger partial charge in [-0.05, 0) is 85.4 Å². The van der Waals surface area contributed by atoms with E-state index < -0.39 is 11.5 Å². The number of rotatable bonds is 8. The first-order chi connectivity index (χ1) is 18.5. The number of carboxylic acid groups (broad SMARTS) is 1. The molecule has 0 saturated heterocycles. The number of carbonyl (C=O) groups is 1. The van der Waals surface area contributed by atoms with Crippen LogP contribution in [0.25, 0.3) is 16.3 Å². The molecule has 0 aliphatic heterocycles. The van der Waals surface area contributed by atoms with Crippen LogP contribution in [0.3, 0.4) is 0 Å². The molecule has 0 unspecified atom stereocenters. The van der Waals surface area contributed by atoms with E-state index in [1.54, 1.807) is 17.5 Å². The number of halogens is 1. The lowest BCUT2D eigenvalue weighted by molar-refractivity contribution is -0.143. The van der Waals surface area contributed by atoms with Crippen molar-refractivity contribution >= 4 is 55.2 Å². The number of allylic oxidation sites excluding steroid dienone is 1. The zero-order chi connectivity index (χ0) is 26.2. The van der Waals surface area contributed by atoms with Gasteiger partial charge in [0.05, 0.1) is 16.8 Å². The number of nitrogens with one attached hydrogen (secondary N) is 1. The average molecular weight is 590 g/mol. The molecule has 0 bridgehead atoms. The maximum absolute atomic E-state index is 12.6. The molecule has 5 nitrogen and oxygen atoms in total. The van der Waals surface area contributed by atoms with E-state index in [-0.39, 0.29) is 5.41 Å². The molecular formula is C31H29BrN2O3S. The molecule has 6 rings (SSSR count). The average Bonchev–Trinajstić information content (AvgIpc) is 3.52. The highest BCUT2D eigenvalue weighted by Gasteiger charge is 2.51. The normalized spacial score (nSPS) is 22.3. The van der Waals surface area contributed by atoms with Gasteiger partial charge in [0, 0.05) is 21.8 Å². The number of pyridine rings is 1. The van der Waals surface area contributed by atoms with Gasteiger partial charge in [-0.1, -0.05) is 57.9 Å². The number of anilines is 1. The fourth-order valence-electron chi connectivity index (χ4n) is 6.21. The van der Waals surface area contributed by atoms with Crippen LogP contribution < -0.4 is 10.1 Å². The Balaban J connectivity index is 1.19. The Kier molecular flexibility index (Phi) is 6.74. The first-order valence-electron chi connectivity index (χ1n) is 13.0. The lowest BCUT2D eigenvalue weighted by atomic mass is 9.61. The summed E-state index contributed by atoms with van der Waals surface area (Å²) in [5, 5.41) is 15.8. The van der Waals surface area contributed by atoms with Crippen LogP contribution >= 0.6 is 27.3 Å². The summed E-state index contributed by atoms with van der Waals surface area (Å²) in [6.45, 7) is 0.629. The number of fused-ring (bicyclic) bond motifs is 3. The zero-order valence-corrected chi connectivity index (χ0v) is 23.4. The van der Waals surface area contributed by atoms with E-state index in [4.69, 9.17) is 4.74 Å². The van der Waals surface area contributed by atoms with E-state index in [9.17, 15) is 9.90 Å². The Bertz CT molecular complexity index is 1520. The van der Waals surface area contributed by atoms with Crippen molar-refractivity contribution in [2.45, 2.75) is 49.5 Å². The van der Waals surface area contributed by atoms with Crippen molar-refractivity contribution in [1.29, 1.82) is 0 Å². The van der Waals surface area contributed by atoms with Gasteiger partial charge in [0.2, 0.25) is 0 Å². The molecule has 2 aromatic heterocycles. The third kappa shape index (κ3) is 4.52. The van der Waals surface area contributed by atoms with E-state index in [1.165, 1.54) is 16.7 Å². The number of thiophene rings is 1. The number of carboxylic acids is 1. The van der Waals surface area contributed by atoms with Gasteiger partial charge < -0.3 is 15.2 Å². The van der Waals surface area contributed by atoms with Crippen molar-refractivity contribution in [3.8, 4) is 5.75 Å². The lowest BCUT2D eigenvalue weighted by Gasteiger charge is -2.45. The van der Waals surface area contributed by atoms with E-state index >= 15 is 0 Å². The van der Waals surface area contributed by atoms with Crippen molar-refractivity contribution in [3.05, 3.63) is 93.4 Å². The van der Waals surface area contributed by atoms with Gasteiger partial charge in [-0.25, -0.2) is 4.79 Å². The molecule has 4 aromatic rings. The summed E-state index contributed by atoms with van der Waals surface area (Å²) in [6, 6.07) is 20.3. The molecule has 1 saturated carbocycles. The minimum Gasteiger partial charge on any atom is -0.492 e. The number of ether oxygens (including phenoxy) is 1. The maximum atomic E-state index is 12.6. The first-order valence-corrected chi connectivity index (χ1v) is 14.7. The highest BCUT2D eigenvalue weighted by Crippen LogP contribution is 2.54. The number of benzene rings is 2.